The van der Waals surface area contributed by atoms with Gasteiger partial charge in [-0.1, -0.05) is 6.92 Å². The van der Waals surface area contributed by atoms with Crippen LogP contribution in [0.4, 0.5) is 4.79 Å². The van der Waals surface area contributed by atoms with Crippen LogP contribution < -0.4 is 5.32 Å². The molecular weight excluding hydrogens is 240 g/mol. The number of carboxylic acids is 1. The van der Waals surface area contributed by atoms with Crippen molar-refractivity contribution in [2.24, 2.45) is 5.92 Å². The van der Waals surface area contributed by atoms with Gasteiger partial charge >= 0.3 is 12.0 Å². The average molecular weight is 262 g/mol. The van der Waals surface area contributed by atoms with Crippen molar-refractivity contribution < 1.29 is 24.2 Å². The number of urea groups is 1. The third kappa shape index (κ3) is 7.86. The normalized spacial score (nSPS) is 11.9. The van der Waals surface area contributed by atoms with Gasteiger partial charge in [-0.3, -0.25) is 4.79 Å². The highest BCUT2D eigenvalue weighted by atomic mass is 16.5. The molecule has 0 aliphatic carbocycles. The van der Waals surface area contributed by atoms with Gasteiger partial charge < -0.3 is 24.8 Å². The molecule has 2 amide bonds. The Morgan fingerprint density at radius 3 is 2.50 bits per heavy atom. The minimum atomic E-state index is -1.05. The van der Waals surface area contributed by atoms with Crippen LogP contribution in [-0.2, 0) is 14.3 Å². The molecule has 0 bridgehead atoms. The zero-order valence-corrected chi connectivity index (χ0v) is 11.1. The molecule has 1 unspecified atom stereocenters. The quantitative estimate of drug-likeness (QED) is 0.611. The number of amides is 2. The second-order valence-corrected chi connectivity index (χ2v) is 4.05. The standard InChI is InChI=1S/C11H22N2O5/c1-9(8-18-3)6-12-11(16)13(4-5-17-2)7-10(14)15/h9H,4-8H2,1-3H3,(H,12,16)(H,14,15). The van der Waals surface area contributed by atoms with E-state index < -0.39 is 12.0 Å². The van der Waals surface area contributed by atoms with E-state index in [4.69, 9.17) is 14.6 Å². The van der Waals surface area contributed by atoms with Gasteiger partial charge in [0, 0.05) is 27.3 Å². The number of nitrogens with one attached hydrogen (secondary N) is 1. The largest absolute Gasteiger partial charge is 0.480 e. The molecule has 7 nitrogen and oxygen atoms in total. The second kappa shape index (κ2) is 9.67. The van der Waals surface area contributed by atoms with E-state index in [0.29, 0.717) is 19.8 Å². The summed E-state index contributed by atoms with van der Waals surface area (Å²) in [6, 6.07) is -0.405. The second-order valence-electron chi connectivity index (χ2n) is 4.05. The molecule has 0 radical (unpaired) electrons. The van der Waals surface area contributed by atoms with E-state index in [9.17, 15) is 9.59 Å². The van der Waals surface area contributed by atoms with Crippen molar-refractivity contribution in [2.75, 3.05) is 47.1 Å². The molecular formula is C11H22N2O5. The first-order valence-corrected chi connectivity index (χ1v) is 5.73. The van der Waals surface area contributed by atoms with Crippen LogP contribution in [0.3, 0.4) is 0 Å². The Hall–Kier alpha value is -1.34. The van der Waals surface area contributed by atoms with E-state index in [1.165, 1.54) is 12.0 Å². The molecule has 0 saturated heterocycles. The van der Waals surface area contributed by atoms with E-state index in [0.717, 1.165) is 0 Å². The SMILES string of the molecule is COCCN(CC(=O)O)C(=O)NCC(C)COC. The third-order valence-electron chi connectivity index (χ3n) is 2.23. The first-order chi connectivity index (χ1) is 8.51. The Morgan fingerprint density at radius 2 is 2.00 bits per heavy atom. The number of carboxylic acid groups (broad SMARTS) is 1. The maximum Gasteiger partial charge on any atom is 0.323 e. The molecule has 0 aromatic rings. The monoisotopic (exact) mass is 262 g/mol. The summed E-state index contributed by atoms with van der Waals surface area (Å²) in [5.74, 6) is -0.876. The Bertz CT molecular complexity index is 260. The maximum atomic E-state index is 11.7. The van der Waals surface area contributed by atoms with Gasteiger partial charge in [-0.05, 0) is 5.92 Å². The van der Waals surface area contributed by atoms with Crippen LogP contribution >= 0.6 is 0 Å². The highest BCUT2D eigenvalue weighted by Gasteiger charge is 2.16. The average Bonchev–Trinajstić information content (AvgIpc) is 2.31. The van der Waals surface area contributed by atoms with Crippen molar-refractivity contribution in [3.05, 3.63) is 0 Å². The summed E-state index contributed by atoms with van der Waals surface area (Å²) in [4.78, 5) is 23.6. The summed E-state index contributed by atoms with van der Waals surface area (Å²) in [5, 5.41) is 11.4. The van der Waals surface area contributed by atoms with Gasteiger partial charge in [0.2, 0.25) is 0 Å². The Morgan fingerprint density at radius 1 is 1.33 bits per heavy atom. The zero-order chi connectivity index (χ0) is 14.0. The number of methoxy groups -OCH3 is 2. The fourth-order valence-corrected chi connectivity index (χ4v) is 1.33. The topological polar surface area (TPSA) is 88.1 Å². The molecule has 0 aromatic carbocycles. The van der Waals surface area contributed by atoms with E-state index in [1.54, 1.807) is 7.11 Å². The summed E-state index contributed by atoms with van der Waals surface area (Å²) < 4.78 is 9.78. The Kier molecular flexibility index (Phi) is 8.95. The molecule has 2 N–H and O–H groups in total. The fraction of sp³-hybridized carbons (Fsp3) is 0.818. The predicted octanol–water partition coefficient (Wildman–Crippen LogP) is 0.0115. The molecule has 0 aliphatic rings. The van der Waals surface area contributed by atoms with Crippen LogP contribution in [0.25, 0.3) is 0 Å². The van der Waals surface area contributed by atoms with Gasteiger partial charge in [0.25, 0.3) is 0 Å². The van der Waals surface area contributed by atoms with Gasteiger partial charge in [0.15, 0.2) is 0 Å². The van der Waals surface area contributed by atoms with Crippen LogP contribution in [0.5, 0.6) is 0 Å². The number of hydrogen-bond acceptors (Lipinski definition) is 4. The minimum absolute atomic E-state index is 0.174. The van der Waals surface area contributed by atoms with Gasteiger partial charge in [-0.25, -0.2) is 4.79 Å². The first-order valence-electron chi connectivity index (χ1n) is 5.73. The van der Waals surface area contributed by atoms with E-state index in [-0.39, 0.29) is 19.0 Å². The van der Waals surface area contributed by atoms with E-state index in [1.807, 2.05) is 6.92 Å². The van der Waals surface area contributed by atoms with E-state index in [2.05, 4.69) is 5.32 Å². The lowest BCUT2D eigenvalue weighted by Crippen LogP contribution is -2.45. The number of hydrogen-bond donors (Lipinski definition) is 2. The molecule has 0 aromatic heterocycles. The zero-order valence-electron chi connectivity index (χ0n) is 11.1. The van der Waals surface area contributed by atoms with E-state index >= 15 is 0 Å². The smallest absolute Gasteiger partial charge is 0.323 e. The highest BCUT2D eigenvalue weighted by molar-refractivity contribution is 5.80. The molecule has 106 valence electrons. The molecule has 0 rings (SSSR count). The van der Waals surface area contributed by atoms with Crippen molar-refractivity contribution in [2.45, 2.75) is 6.92 Å². The number of carbonyl (C=O) groups excluding carboxylic acids is 1. The number of aliphatic carboxylic acids is 1. The molecule has 0 saturated carbocycles. The molecule has 7 heteroatoms. The molecule has 0 aliphatic heterocycles. The molecule has 1 atom stereocenters. The molecule has 0 heterocycles. The Labute approximate surface area is 107 Å². The van der Waals surface area contributed by atoms with Gasteiger partial charge in [-0.2, -0.15) is 0 Å². The van der Waals surface area contributed by atoms with Gasteiger partial charge in [0.1, 0.15) is 6.54 Å². The lowest BCUT2D eigenvalue weighted by molar-refractivity contribution is -0.137. The summed E-state index contributed by atoms with van der Waals surface area (Å²) in [6.45, 7) is 3.11. The summed E-state index contributed by atoms with van der Waals surface area (Å²) >= 11 is 0. The molecule has 18 heavy (non-hydrogen) atoms. The lowest BCUT2D eigenvalue weighted by atomic mass is 10.2. The molecule has 0 spiro atoms. The fourth-order valence-electron chi connectivity index (χ4n) is 1.33. The first kappa shape index (κ1) is 16.7. The Balaban J connectivity index is 4.14. The van der Waals surface area contributed by atoms with Crippen LogP contribution in [-0.4, -0.2) is 69.1 Å². The summed E-state index contributed by atoms with van der Waals surface area (Å²) in [6.07, 6.45) is 0. The van der Waals surface area contributed by atoms with Crippen molar-refractivity contribution in [1.82, 2.24) is 10.2 Å². The maximum absolute atomic E-state index is 11.7. The lowest BCUT2D eigenvalue weighted by Gasteiger charge is -2.22. The third-order valence-corrected chi connectivity index (χ3v) is 2.23. The van der Waals surface area contributed by atoms with Crippen molar-refractivity contribution in [3.63, 3.8) is 0 Å². The summed E-state index contributed by atoms with van der Waals surface area (Å²) in [5.41, 5.74) is 0. The number of nitrogens with zero attached hydrogens (tertiary/aromatic N) is 1. The van der Waals surface area contributed by atoms with Crippen LogP contribution in [0.1, 0.15) is 6.92 Å². The summed E-state index contributed by atoms with van der Waals surface area (Å²) in [7, 11) is 3.09. The van der Waals surface area contributed by atoms with Crippen LogP contribution in [0.15, 0.2) is 0 Å². The highest BCUT2D eigenvalue weighted by Crippen LogP contribution is 1.95. The van der Waals surface area contributed by atoms with Gasteiger partial charge in [0.05, 0.1) is 13.2 Å². The van der Waals surface area contributed by atoms with Crippen LogP contribution in [0, 0.1) is 5.92 Å². The molecule has 0 fully saturated rings. The number of rotatable bonds is 9. The predicted molar refractivity (Wildman–Crippen MR) is 65.5 cm³/mol. The number of carbonyl (C=O) groups is 2. The van der Waals surface area contributed by atoms with Gasteiger partial charge in [-0.15, -0.1) is 0 Å². The van der Waals surface area contributed by atoms with Crippen molar-refractivity contribution >= 4 is 12.0 Å². The van der Waals surface area contributed by atoms with Crippen LogP contribution in [0.2, 0.25) is 0 Å². The van der Waals surface area contributed by atoms with Crippen molar-refractivity contribution in [3.8, 4) is 0 Å². The number of ether oxygens (including phenoxy) is 2. The minimum Gasteiger partial charge on any atom is -0.480 e. The van der Waals surface area contributed by atoms with Crippen molar-refractivity contribution in [1.29, 1.82) is 0 Å².